The summed E-state index contributed by atoms with van der Waals surface area (Å²) < 4.78 is 7.38. The van der Waals surface area contributed by atoms with Crippen LogP contribution >= 0.6 is 0 Å². The Kier molecular flexibility index (Phi) is 3.45. The molecule has 2 aromatic heterocycles. The topological polar surface area (TPSA) is 56.2 Å². The minimum absolute atomic E-state index is 0.207. The molecular weight excluding hydrogens is 324 g/mol. The number of aromatic nitrogens is 3. The maximum absolute atomic E-state index is 5.43. The number of benzene rings is 1. The van der Waals surface area contributed by atoms with Crippen molar-refractivity contribution in [1.29, 1.82) is 0 Å². The standard InChI is InChI=1S/C21H18N4O/c1-2-25-12-16(10-24-25)18-11-22-21-15(4-3-5-17(18)21)8-14-6-7-19-20(9-14)26-13-23-19/h3-7,9-13,17H,2,8H2,1H3. The van der Waals surface area contributed by atoms with Crippen LogP contribution in [0.4, 0.5) is 0 Å². The van der Waals surface area contributed by atoms with E-state index in [9.17, 15) is 0 Å². The Morgan fingerprint density at radius 3 is 3.12 bits per heavy atom. The number of rotatable bonds is 4. The van der Waals surface area contributed by atoms with Gasteiger partial charge in [-0.25, -0.2) is 4.98 Å². The van der Waals surface area contributed by atoms with Gasteiger partial charge in [0.1, 0.15) is 5.52 Å². The second-order valence-corrected chi connectivity index (χ2v) is 6.57. The summed E-state index contributed by atoms with van der Waals surface area (Å²) in [6.45, 7) is 2.96. The Bertz CT molecular complexity index is 1110. The SMILES string of the molecule is CCn1cc(C2=CN=C3C(Cc4ccc5ncoc5c4)=CC=CC23)cn1. The van der Waals surface area contributed by atoms with Crippen molar-refractivity contribution < 1.29 is 4.42 Å². The van der Waals surface area contributed by atoms with Crippen molar-refractivity contribution in [3.63, 3.8) is 0 Å². The maximum atomic E-state index is 5.43. The second kappa shape index (κ2) is 5.95. The molecule has 1 aliphatic carbocycles. The summed E-state index contributed by atoms with van der Waals surface area (Å²) in [5.41, 5.74) is 7.64. The van der Waals surface area contributed by atoms with Gasteiger partial charge < -0.3 is 4.42 Å². The van der Waals surface area contributed by atoms with Crippen LogP contribution in [-0.4, -0.2) is 20.5 Å². The summed E-state index contributed by atoms with van der Waals surface area (Å²) in [7, 11) is 0. The first-order valence-corrected chi connectivity index (χ1v) is 8.82. The van der Waals surface area contributed by atoms with Crippen molar-refractivity contribution in [1.82, 2.24) is 14.8 Å². The fraction of sp³-hybridized carbons (Fsp3) is 0.190. The van der Waals surface area contributed by atoms with Gasteiger partial charge in [0, 0.05) is 30.4 Å². The molecule has 1 atom stereocenters. The first kappa shape index (κ1) is 15.1. The molecule has 3 heterocycles. The van der Waals surface area contributed by atoms with E-state index in [1.54, 1.807) is 0 Å². The molecular formula is C21H18N4O. The fourth-order valence-electron chi connectivity index (χ4n) is 3.61. The van der Waals surface area contributed by atoms with E-state index in [4.69, 9.17) is 9.41 Å². The highest BCUT2D eigenvalue weighted by Gasteiger charge is 2.28. The average molecular weight is 342 g/mol. The molecule has 0 saturated carbocycles. The third-order valence-electron chi connectivity index (χ3n) is 4.98. The third-order valence-corrected chi connectivity index (χ3v) is 4.98. The van der Waals surface area contributed by atoms with Gasteiger partial charge in [0.2, 0.25) is 0 Å². The molecule has 1 aromatic carbocycles. The number of hydrogen-bond acceptors (Lipinski definition) is 4. The molecule has 5 nitrogen and oxygen atoms in total. The van der Waals surface area contributed by atoms with E-state index in [1.165, 1.54) is 23.1 Å². The molecule has 2 aliphatic rings. The zero-order valence-electron chi connectivity index (χ0n) is 14.5. The molecule has 5 heteroatoms. The van der Waals surface area contributed by atoms with Crippen LogP contribution < -0.4 is 0 Å². The smallest absolute Gasteiger partial charge is 0.181 e. The lowest BCUT2D eigenvalue weighted by Crippen LogP contribution is -2.17. The highest BCUT2D eigenvalue weighted by Crippen LogP contribution is 2.36. The van der Waals surface area contributed by atoms with Crippen molar-refractivity contribution in [3.05, 3.63) is 78.1 Å². The molecule has 0 amide bonds. The molecule has 0 radical (unpaired) electrons. The van der Waals surface area contributed by atoms with Crippen molar-refractivity contribution in [2.75, 3.05) is 0 Å². The predicted octanol–water partition coefficient (Wildman–Crippen LogP) is 4.19. The Balaban J connectivity index is 1.40. The van der Waals surface area contributed by atoms with Gasteiger partial charge in [-0.15, -0.1) is 0 Å². The lowest BCUT2D eigenvalue weighted by Gasteiger charge is -2.19. The molecule has 1 aliphatic heterocycles. The normalized spacial score (nSPS) is 18.7. The zero-order chi connectivity index (χ0) is 17.5. The largest absolute Gasteiger partial charge is 0.443 e. The van der Waals surface area contributed by atoms with E-state index >= 15 is 0 Å². The number of fused-ring (bicyclic) bond motifs is 2. The van der Waals surface area contributed by atoms with Crippen LogP contribution in [0.1, 0.15) is 18.1 Å². The van der Waals surface area contributed by atoms with E-state index in [0.29, 0.717) is 0 Å². The summed E-state index contributed by atoms with van der Waals surface area (Å²) in [6.07, 6.45) is 14.8. The Hall–Kier alpha value is -3.21. The Morgan fingerprint density at radius 1 is 1.27 bits per heavy atom. The minimum atomic E-state index is 0.207. The molecule has 0 fully saturated rings. The van der Waals surface area contributed by atoms with E-state index in [0.717, 1.165) is 35.3 Å². The van der Waals surface area contributed by atoms with Gasteiger partial charge in [0.25, 0.3) is 0 Å². The monoisotopic (exact) mass is 342 g/mol. The molecule has 5 rings (SSSR count). The van der Waals surface area contributed by atoms with Crippen LogP contribution in [0.15, 0.2) is 76.4 Å². The van der Waals surface area contributed by atoms with Gasteiger partial charge in [-0.2, -0.15) is 5.10 Å². The average Bonchev–Trinajstić information content (AvgIpc) is 3.40. The van der Waals surface area contributed by atoms with Gasteiger partial charge in [-0.1, -0.05) is 24.3 Å². The third kappa shape index (κ3) is 2.44. The lowest BCUT2D eigenvalue weighted by atomic mass is 9.84. The van der Waals surface area contributed by atoms with E-state index < -0.39 is 0 Å². The highest BCUT2D eigenvalue weighted by molar-refractivity contribution is 6.13. The summed E-state index contributed by atoms with van der Waals surface area (Å²) in [5.74, 6) is 0.207. The molecule has 1 unspecified atom stereocenters. The fourth-order valence-corrected chi connectivity index (χ4v) is 3.61. The first-order valence-electron chi connectivity index (χ1n) is 8.82. The van der Waals surface area contributed by atoms with Gasteiger partial charge in [0.15, 0.2) is 12.0 Å². The summed E-state index contributed by atoms with van der Waals surface area (Å²) >= 11 is 0. The molecule has 26 heavy (non-hydrogen) atoms. The summed E-state index contributed by atoms with van der Waals surface area (Å²) in [6, 6.07) is 6.17. The molecule has 0 N–H and O–H groups in total. The van der Waals surface area contributed by atoms with Gasteiger partial charge in [-0.3, -0.25) is 9.67 Å². The number of hydrogen-bond donors (Lipinski definition) is 0. The van der Waals surface area contributed by atoms with Gasteiger partial charge in [0.05, 0.1) is 11.9 Å². The molecule has 128 valence electrons. The molecule has 0 bridgehead atoms. The highest BCUT2D eigenvalue weighted by atomic mass is 16.3. The van der Waals surface area contributed by atoms with Gasteiger partial charge in [-0.05, 0) is 42.2 Å². The Morgan fingerprint density at radius 2 is 2.23 bits per heavy atom. The predicted molar refractivity (Wildman–Crippen MR) is 102 cm³/mol. The lowest BCUT2D eigenvalue weighted by molar-refractivity contribution is 0.602. The maximum Gasteiger partial charge on any atom is 0.181 e. The van der Waals surface area contributed by atoms with Crippen LogP contribution in [-0.2, 0) is 13.0 Å². The summed E-state index contributed by atoms with van der Waals surface area (Å²) in [4.78, 5) is 8.92. The molecule has 3 aromatic rings. The van der Waals surface area contributed by atoms with Crippen LogP contribution in [0.2, 0.25) is 0 Å². The van der Waals surface area contributed by atoms with Crippen LogP contribution in [0.5, 0.6) is 0 Å². The van der Waals surface area contributed by atoms with Crippen LogP contribution in [0.25, 0.3) is 16.7 Å². The van der Waals surface area contributed by atoms with Crippen LogP contribution in [0, 0.1) is 5.92 Å². The van der Waals surface area contributed by atoms with Crippen molar-refractivity contribution in [2.45, 2.75) is 19.9 Å². The Labute approximate surface area is 151 Å². The van der Waals surface area contributed by atoms with Crippen molar-refractivity contribution >= 4 is 22.4 Å². The van der Waals surface area contributed by atoms with Crippen molar-refractivity contribution in [3.8, 4) is 0 Å². The number of aliphatic imine (C=N–C) groups is 1. The van der Waals surface area contributed by atoms with Gasteiger partial charge >= 0.3 is 0 Å². The van der Waals surface area contributed by atoms with E-state index in [2.05, 4.69) is 53.6 Å². The number of allylic oxidation sites excluding steroid dienone is 5. The van der Waals surface area contributed by atoms with Crippen LogP contribution in [0.3, 0.4) is 0 Å². The second-order valence-electron chi connectivity index (χ2n) is 6.57. The van der Waals surface area contributed by atoms with E-state index in [-0.39, 0.29) is 5.92 Å². The summed E-state index contributed by atoms with van der Waals surface area (Å²) in [5, 5.41) is 4.40. The van der Waals surface area contributed by atoms with E-state index in [1.807, 2.05) is 23.1 Å². The molecule has 0 saturated heterocycles. The number of nitrogens with zero attached hydrogens (tertiary/aromatic N) is 4. The minimum Gasteiger partial charge on any atom is -0.443 e. The van der Waals surface area contributed by atoms with Crippen molar-refractivity contribution in [2.24, 2.45) is 10.9 Å². The number of oxazole rings is 1. The number of aryl methyl sites for hydroxylation is 1. The first-order chi connectivity index (χ1) is 12.8. The quantitative estimate of drug-likeness (QED) is 0.714. The zero-order valence-corrected chi connectivity index (χ0v) is 14.5. The molecule has 0 spiro atoms.